The summed E-state index contributed by atoms with van der Waals surface area (Å²) in [6.45, 7) is 4.67. The average molecular weight is 310 g/mol. The van der Waals surface area contributed by atoms with E-state index in [1.165, 1.54) is 12.5 Å². The number of rotatable bonds is 4. The van der Waals surface area contributed by atoms with Crippen molar-refractivity contribution in [2.24, 2.45) is 0 Å². The molecule has 2 aromatic heterocycles. The number of aromatic amines is 1. The molecule has 3 heterocycles. The van der Waals surface area contributed by atoms with Crippen molar-refractivity contribution in [3.05, 3.63) is 24.2 Å². The van der Waals surface area contributed by atoms with Gasteiger partial charge in [-0.15, -0.1) is 0 Å². The third-order valence-electron chi connectivity index (χ3n) is 3.53. The van der Waals surface area contributed by atoms with Crippen LogP contribution in [0.4, 0.5) is 0 Å². The molecule has 0 aromatic carbocycles. The Balaban J connectivity index is 1.84. The predicted molar refractivity (Wildman–Crippen MR) is 75.0 cm³/mol. The number of fused-ring (bicyclic) bond motifs is 1. The van der Waals surface area contributed by atoms with Crippen molar-refractivity contribution < 1.29 is 8.42 Å². The van der Waals surface area contributed by atoms with Gasteiger partial charge in [0.25, 0.3) is 10.0 Å². The van der Waals surface area contributed by atoms with E-state index in [1.807, 2.05) is 13.8 Å². The summed E-state index contributed by atoms with van der Waals surface area (Å²) in [6, 6.07) is -0.350. The number of sulfonamides is 1. The Morgan fingerprint density at radius 1 is 1.43 bits per heavy atom. The summed E-state index contributed by atoms with van der Waals surface area (Å²) in [6.07, 6.45) is 4.38. The highest BCUT2D eigenvalue weighted by Crippen LogP contribution is 2.24. The lowest BCUT2D eigenvalue weighted by Gasteiger charge is -2.22. The first kappa shape index (κ1) is 14.2. The van der Waals surface area contributed by atoms with Gasteiger partial charge in [-0.2, -0.15) is 9.82 Å². The highest BCUT2D eigenvalue weighted by atomic mass is 32.2. The van der Waals surface area contributed by atoms with Crippen LogP contribution >= 0.6 is 0 Å². The molecule has 3 rings (SSSR count). The molecule has 0 bridgehead atoms. The van der Waals surface area contributed by atoms with Gasteiger partial charge < -0.3 is 4.98 Å². The molecule has 0 saturated carbocycles. The highest BCUT2D eigenvalue weighted by Gasteiger charge is 2.28. The summed E-state index contributed by atoms with van der Waals surface area (Å²) in [5.41, 5.74) is 0. The number of H-pyrrole nitrogens is 1. The van der Waals surface area contributed by atoms with Crippen LogP contribution in [-0.2, 0) is 16.6 Å². The summed E-state index contributed by atoms with van der Waals surface area (Å²) in [5.74, 6) is 1.46. The van der Waals surface area contributed by atoms with E-state index in [-0.39, 0.29) is 17.0 Å². The van der Waals surface area contributed by atoms with Crippen LogP contribution in [0.3, 0.4) is 0 Å². The van der Waals surface area contributed by atoms with Crippen LogP contribution in [0.25, 0.3) is 0 Å². The number of aryl methyl sites for hydroxylation is 1. The summed E-state index contributed by atoms with van der Waals surface area (Å²) < 4.78 is 29.3. The fraction of sp³-hybridized carbons (Fsp3) is 0.583. The highest BCUT2D eigenvalue weighted by molar-refractivity contribution is 7.89. The molecule has 2 N–H and O–H groups in total. The van der Waals surface area contributed by atoms with E-state index in [0.29, 0.717) is 18.1 Å². The Morgan fingerprint density at radius 2 is 2.24 bits per heavy atom. The fourth-order valence-corrected chi connectivity index (χ4v) is 3.56. The lowest BCUT2D eigenvalue weighted by atomic mass is 10.1. The van der Waals surface area contributed by atoms with Gasteiger partial charge in [0.1, 0.15) is 18.0 Å². The van der Waals surface area contributed by atoms with Gasteiger partial charge in [-0.1, -0.05) is 13.8 Å². The average Bonchev–Trinajstić information content (AvgIpc) is 3.08. The first-order valence-corrected chi connectivity index (χ1v) is 8.40. The topological polar surface area (TPSA) is 106 Å². The van der Waals surface area contributed by atoms with E-state index in [9.17, 15) is 8.42 Å². The van der Waals surface area contributed by atoms with E-state index in [0.717, 1.165) is 13.0 Å². The van der Waals surface area contributed by atoms with Gasteiger partial charge in [-0.3, -0.25) is 0 Å². The number of hydrogen-bond donors (Lipinski definition) is 2. The lowest BCUT2D eigenvalue weighted by molar-refractivity contribution is 0.399. The Bertz CT molecular complexity index is 733. The molecule has 0 saturated heterocycles. The molecule has 114 valence electrons. The molecule has 0 spiro atoms. The molecule has 0 radical (unpaired) electrons. The monoisotopic (exact) mass is 310 g/mol. The molecule has 0 fully saturated rings. The fourth-order valence-electron chi connectivity index (χ4n) is 2.40. The Kier molecular flexibility index (Phi) is 3.54. The van der Waals surface area contributed by atoms with Gasteiger partial charge >= 0.3 is 0 Å². The number of nitrogens with one attached hydrogen (secondary N) is 2. The maximum absolute atomic E-state index is 12.4. The van der Waals surface area contributed by atoms with Crippen LogP contribution in [0.2, 0.25) is 0 Å². The van der Waals surface area contributed by atoms with Crippen molar-refractivity contribution in [2.75, 3.05) is 0 Å². The van der Waals surface area contributed by atoms with E-state index in [4.69, 9.17) is 0 Å². The Labute approximate surface area is 123 Å². The first-order chi connectivity index (χ1) is 9.97. The van der Waals surface area contributed by atoms with E-state index in [1.54, 1.807) is 4.68 Å². The van der Waals surface area contributed by atoms with E-state index in [2.05, 4.69) is 24.8 Å². The molecule has 1 aliphatic heterocycles. The van der Waals surface area contributed by atoms with Gasteiger partial charge in [-0.25, -0.2) is 23.1 Å². The molecule has 0 amide bonds. The normalized spacial score (nSPS) is 18.9. The minimum absolute atomic E-state index is 0.0860. The number of aromatic nitrogens is 5. The molecule has 1 aliphatic rings. The lowest BCUT2D eigenvalue weighted by Crippen LogP contribution is -2.33. The zero-order valence-corrected chi connectivity index (χ0v) is 12.8. The summed E-state index contributed by atoms with van der Waals surface area (Å²) in [4.78, 5) is 11.1. The van der Waals surface area contributed by atoms with Crippen molar-refractivity contribution in [3.63, 3.8) is 0 Å². The van der Waals surface area contributed by atoms with Crippen LogP contribution < -0.4 is 4.72 Å². The summed E-state index contributed by atoms with van der Waals surface area (Å²) in [7, 11) is -3.64. The minimum atomic E-state index is -3.64. The standard InChI is InChI=1S/C12H18N6O2S/c1-8(2)11-13-6-10(16-11)21(19,20)17-9-4-3-5-18-12(9)14-7-15-18/h6-9,17H,3-5H2,1-2H3,(H,13,16)/t9-/m0/s1. The largest absolute Gasteiger partial charge is 0.332 e. The third kappa shape index (κ3) is 2.70. The third-order valence-corrected chi connectivity index (χ3v) is 4.91. The van der Waals surface area contributed by atoms with Crippen LogP contribution in [-0.4, -0.2) is 33.2 Å². The molecule has 9 heteroatoms. The van der Waals surface area contributed by atoms with Crippen LogP contribution in [0.5, 0.6) is 0 Å². The second-order valence-electron chi connectivity index (χ2n) is 5.44. The number of hydrogen-bond acceptors (Lipinski definition) is 5. The Hall–Kier alpha value is -1.74. The second kappa shape index (κ2) is 5.23. The summed E-state index contributed by atoms with van der Waals surface area (Å²) >= 11 is 0. The quantitative estimate of drug-likeness (QED) is 0.874. The van der Waals surface area contributed by atoms with Crippen molar-refractivity contribution >= 4 is 10.0 Å². The van der Waals surface area contributed by atoms with Gasteiger partial charge in [0.15, 0.2) is 5.03 Å². The second-order valence-corrected chi connectivity index (χ2v) is 7.13. The van der Waals surface area contributed by atoms with Crippen molar-refractivity contribution in [1.82, 2.24) is 29.5 Å². The molecular weight excluding hydrogens is 292 g/mol. The zero-order chi connectivity index (χ0) is 15.0. The molecule has 2 aromatic rings. The van der Waals surface area contributed by atoms with Gasteiger partial charge in [0.05, 0.1) is 12.2 Å². The summed E-state index contributed by atoms with van der Waals surface area (Å²) in [5, 5.41) is 4.17. The smallest absolute Gasteiger partial charge is 0.258 e. The number of imidazole rings is 1. The van der Waals surface area contributed by atoms with Crippen LogP contribution in [0.15, 0.2) is 17.6 Å². The maximum atomic E-state index is 12.4. The van der Waals surface area contributed by atoms with Gasteiger partial charge in [0, 0.05) is 12.5 Å². The molecule has 0 aliphatic carbocycles. The van der Waals surface area contributed by atoms with Crippen LogP contribution in [0.1, 0.15) is 50.3 Å². The molecular formula is C12H18N6O2S. The molecule has 8 nitrogen and oxygen atoms in total. The Morgan fingerprint density at radius 3 is 2.95 bits per heavy atom. The zero-order valence-electron chi connectivity index (χ0n) is 11.9. The van der Waals surface area contributed by atoms with Crippen molar-refractivity contribution in [2.45, 2.75) is 50.2 Å². The van der Waals surface area contributed by atoms with Crippen LogP contribution in [0, 0.1) is 0 Å². The van der Waals surface area contributed by atoms with Crippen molar-refractivity contribution in [3.8, 4) is 0 Å². The van der Waals surface area contributed by atoms with Gasteiger partial charge in [-0.05, 0) is 12.8 Å². The van der Waals surface area contributed by atoms with E-state index < -0.39 is 10.0 Å². The molecule has 1 atom stereocenters. The predicted octanol–water partition coefficient (Wildman–Crippen LogP) is 0.938. The van der Waals surface area contributed by atoms with Gasteiger partial charge in [0.2, 0.25) is 0 Å². The molecule has 21 heavy (non-hydrogen) atoms. The molecule has 0 unspecified atom stereocenters. The first-order valence-electron chi connectivity index (χ1n) is 6.92. The SMILES string of the molecule is CC(C)c1ncc(S(=O)(=O)N[C@H]2CCCn3ncnc32)[nH]1. The van der Waals surface area contributed by atoms with Crippen molar-refractivity contribution in [1.29, 1.82) is 0 Å². The minimum Gasteiger partial charge on any atom is -0.332 e. The van der Waals surface area contributed by atoms with E-state index >= 15 is 0 Å². The number of nitrogens with zero attached hydrogens (tertiary/aromatic N) is 4. The maximum Gasteiger partial charge on any atom is 0.258 e.